The second-order valence-electron chi connectivity index (χ2n) is 7.17. The summed E-state index contributed by atoms with van der Waals surface area (Å²) >= 11 is 0. The first-order valence-electron chi connectivity index (χ1n) is 8.74. The highest BCUT2D eigenvalue weighted by Crippen LogP contribution is 2.30. The zero-order valence-electron chi connectivity index (χ0n) is 14.0. The van der Waals surface area contributed by atoms with Gasteiger partial charge in [0, 0.05) is 29.5 Å². The summed E-state index contributed by atoms with van der Waals surface area (Å²) in [6, 6.07) is 9.21. The average Bonchev–Trinajstić information content (AvgIpc) is 3.23. The number of likely N-dealkylation sites (N-methyl/N-ethyl adjacent to an activating group) is 1. The highest BCUT2D eigenvalue weighted by atomic mass is 16.2. The molecule has 23 heavy (non-hydrogen) atoms. The number of amides is 1. The molecule has 2 atom stereocenters. The number of nitrogens with zero attached hydrogens (tertiary/aromatic N) is 2. The van der Waals surface area contributed by atoms with Crippen LogP contribution in [0.25, 0.3) is 10.9 Å². The van der Waals surface area contributed by atoms with Gasteiger partial charge in [0.15, 0.2) is 0 Å². The Morgan fingerprint density at radius 1 is 1.13 bits per heavy atom. The molecule has 1 amide bonds. The maximum atomic E-state index is 13.1. The second-order valence-corrected chi connectivity index (χ2v) is 7.17. The molecule has 2 fully saturated rings. The lowest BCUT2D eigenvalue weighted by molar-refractivity contribution is 0.0659. The van der Waals surface area contributed by atoms with Gasteiger partial charge in [-0.25, -0.2) is 0 Å². The van der Waals surface area contributed by atoms with E-state index < -0.39 is 0 Å². The SMILES string of the molecule is Cc1ccc2cc(C(=O)N3CCC[C@H]3[C@@H]3CCCN3C)[nH]c2c1. The number of carbonyl (C=O) groups excluding carboxylic acids is 1. The Morgan fingerprint density at radius 2 is 1.91 bits per heavy atom. The summed E-state index contributed by atoms with van der Waals surface area (Å²) in [4.78, 5) is 20.9. The van der Waals surface area contributed by atoms with Gasteiger partial charge in [-0.2, -0.15) is 0 Å². The van der Waals surface area contributed by atoms with Crippen LogP contribution < -0.4 is 0 Å². The Labute approximate surface area is 137 Å². The number of aromatic nitrogens is 1. The molecule has 4 rings (SSSR count). The van der Waals surface area contributed by atoms with Crippen LogP contribution in [0, 0.1) is 6.92 Å². The quantitative estimate of drug-likeness (QED) is 0.925. The fraction of sp³-hybridized carbons (Fsp3) is 0.526. The molecular formula is C19H25N3O. The van der Waals surface area contributed by atoms with Gasteiger partial charge in [0.2, 0.25) is 0 Å². The minimum Gasteiger partial charge on any atom is -0.351 e. The number of nitrogens with one attached hydrogen (secondary N) is 1. The number of likely N-dealkylation sites (tertiary alicyclic amines) is 2. The van der Waals surface area contributed by atoms with E-state index in [0.29, 0.717) is 12.1 Å². The number of hydrogen-bond donors (Lipinski definition) is 1. The third-order valence-corrected chi connectivity index (χ3v) is 5.59. The van der Waals surface area contributed by atoms with Crippen molar-refractivity contribution in [1.82, 2.24) is 14.8 Å². The van der Waals surface area contributed by atoms with Crippen molar-refractivity contribution in [2.24, 2.45) is 0 Å². The zero-order chi connectivity index (χ0) is 16.0. The maximum absolute atomic E-state index is 13.1. The molecule has 2 aliphatic heterocycles. The minimum absolute atomic E-state index is 0.168. The first-order valence-corrected chi connectivity index (χ1v) is 8.74. The van der Waals surface area contributed by atoms with Crippen molar-refractivity contribution in [3.8, 4) is 0 Å². The van der Waals surface area contributed by atoms with Gasteiger partial charge in [0.1, 0.15) is 5.69 Å². The van der Waals surface area contributed by atoms with E-state index in [1.54, 1.807) is 0 Å². The van der Waals surface area contributed by atoms with E-state index in [1.165, 1.54) is 18.4 Å². The van der Waals surface area contributed by atoms with Gasteiger partial charge in [-0.1, -0.05) is 12.1 Å². The third kappa shape index (κ3) is 2.55. The molecule has 4 heteroatoms. The number of H-pyrrole nitrogens is 1. The monoisotopic (exact) mass is 311 g/mol. The molecule has 0 unspecified atom stereocenters. The Hall–Kier alpha value is -1.81. The summed E-state index contributed by atoms with van der Waals surface area (Å²) in [7, 11) is 2.20. The van der Waals surface area contributed by atoms with Crippen LogP contribution in [0.15, 0.2) is 24.3 Å². The predicted molar refractivity (Wildman–Crippen MR) is 92.7 cm³/mol. The summed E-state index contributed by atoms with van der Waals surface area (Å²) in [5.41, 5.74) is 3.00. The summed E-state index contributed by atoms with van der Waals surface area (Å²) in [6.45, 7) is 4.13. The molecule has 2 saturated heterocycles. The summed E-state index contributed by atoms with van der Waals surface area (Å²) in [6.07, 6.45) is 4.74. The van der Waals surface area contributed by atoms with Crippen LogP contribution in [-0.4, -0.2) is 52.9 Å². The van der Waals surface area contributed by atoms with Crippen LogP contribution in [0.4, 0.5) is 0 Å². The first kappa shape index (κ1) is 14.8. The Balaban J connectivity index is 1.61. The van der Waals surface area contributed by atoms with Gasteiger partial charge in [-0.3, -0.25) is 4.79 Å². The number of carbonyl (C=O) groups is 1. The fourth-order valence-corrected chi connectivity index (χ4v) is 4.38. The minimum atomic E-state index is 0.168. The van der Waals surface area contributed by atoms with Gasteiger partial charge < -0.3 is 14.8 Å². The highest BCUT2D eigenvalue weighted by Gasteiger charge is 2.38. The van der Waals surface area contributed by atoms with E-state index in [9.17, 15) is 4.79 Å². The number of aromatic amines is 1. The normalized spacial score (nSPS) is 25.6. The summed E-state index contributed by atoms with van der Waals surface area (Å²) in [5, 5.41) is 1.12. The van der Waals surface area contributed by atoms with E-state index in [2.05, 4.69) is 47.0 Å². The van der Waals surface area contributed by atoms with Crippen molar-refractivity contribution in [2.45, 2.75) is 44.7 Å². The van der Waals surface area contributed by atoms with Crippen LogP contribution in [0.3, 0.4) is 0 Å². The number of benzene rings is 1. The molecule has 0 saturated carbocycles. The van der Waals surface area contributed by atoms with Crippen molar-refractivity contribution < 1.29 is 4.79 Å². The lowest BCUT2D eigenvalue weighted by Crippen LogP contribution is -2.47. The van der Waals surface area contributed by atoms with E-state index in [4.69, 9.17) is 0 Å². The lowest BCUT2D eigenvalue weighted by Gasteiger charge is -2.33. The standard InChI is InChI=1S/C19H25N3O/c1-13-7-8-14-12-16(20-15(14)11-13)19(23)22-10-4-6-18(22)17-5-3-9-21(17)2/h7-8,11-12,17-18,20H,3-6,9-10H2,1-2H3/t17-,18-/m0/s1. The second kappa shape index (κ2) is 5.68. The Bertz CT molecular complexity index is 735. The maximum Gasteiger partial charge on any atom is 0.270 e. The lowest BCUT2D eigenvalue weighted by atomic mass is 10.0. The van der Waals surface area contributed by atoms with Crippen molar-refractivity contribution in [1.29, 1.82) is 0 Å². The van der Waals surface area contributed by atoms with Crippen LogP contribution in [0.1, 0.15) is 41.7 Å². The van der Waals surface area contributed by atoms with E-state index in [-0.39, 0.29) is 5.91 Å². The molecule has 2 aliphatic rings. The summed E-state index contributed by atoms with van der Waals surface area (Å²) < 4.78 is 0. The smallest absolute Gasteiger partial charge is 0.270 e. The summed E-state index contributed by atoms with van der Waals surface area (Å²) in [5.74, 6) is 0.168. The van der Waals surface area contributed by atoms with Gasteiger partial charge in [-0.05, 0) is 63.9 Å². The van der Waals surface area contributed by atoms with Gasteiger partial charge in [0.05, 0.1) is 0 Å². The van der Waals surface area contributed by atoms with Crippen LogP contribution in [-0.2, 0) is 0 Å². The van der Waals surface area contributed by atoms with Crippen molar-refractivity contribution in [3.63, 3.8) is 0 Å². The highest BCUT2D eigenvalue weighted by molar-refractivity contribution is 5.98. The Kier molecular flexibility index (Phi) is 3.64. The number of rotatable bonds is 2. The molecule has 122 valence electrons. The predicted octanol–water partition coefficient (Wildman–Crippen LogP) is 3.18. The molecule has 0 bridgehead atoms. The largest absolute Gasteiger partial charge is 0.351 e. The van der Waals surface area contributed by atoms with Crippen LogP contribution in [0.5, 0.6) is 0 Å². The molecule has 4 nitrogen and oxygen atoms in total. The van der Waals surface area contributed by atoms with E-state index >= 15 is 0 Å². The molecular weight excluding hydrogens is 286 g/mol. The third-order valence-electron chi connectivity index (χ3n) is 5.59. The Morgan fingerprint density at radius 3 is 2.70 bits per heavy atom. The molecule has 1 aromatic heterocycles. The molecule has 0 radical (unpaired) electrons. The van der Waals surface area contributed by atoms with Gasteiger partial charge >= 0.3 is 0 Å². The molecule has 2 aromatic rings. The average molecular weight is 311 g/mol. The number of fused-ring (bicyclic) bond motifs is 1. The van der Waals surface area contributed by atoms with Crippen molar-refractivity contribution in [3.05, 3.63) is 35.5 Å². The molecule has 1 N–H and O–H groups in total. The topological polar surface area (TPSA) is 39.3 Å². The van der Waals surface area contributed by atoms with Gasteiger partial charge in [0.25, 0.3) is 5.91 Å². The van der Waals surface area contributed by atoms with Gasteiger partial charge in [-0.15, -0.1) is 0 Å². The molecule has 0 aliphatic carbocycles. The molecule has 0 spiro atoms. The van der Waals surface area contributed by atoms with Crippen molar-refractivity contribution in [2.75, 3.05) is 20.1 Å². The van der Waals surface area contributed by atoms with E-state index in [1.807, 2.05) is 6.07 Å². The molecule has 3 heterocycles. The zero-order valence-corrected chi connectivity index (χ0v) is 14.0. The number of aryl methyl sites for hydroxylation is 1. The van der Waals surface area contributed by atoms with E-state index in [0.717, 1.165) is 42.5 Å². The fourth-order valence-electron chi connectivity index (χ4n) is 4.38. The van der Waals surface area contributed by atoms with Crippen LogP contribution in [0.2, 0.25) is 0 Å². The first-order chi connectivity index (χ1) is 11.1. The molecule has 1 aromatic carbocycles. The number of hydrogen-bond acceptors (Lipinski definition) is 2. The van der Waals surface area contributed by atoms with Crippen LogP contribution >= 0.6 is 0 Å². The van der Waals surface area contributed by atoms with Crippen molar-refractivity contribution >= 4 is 16.8 Å².